The molecule has 0 N–H and O–H groups in total. The van der Waals surface area contributed by atoms with Gasteiger partial charge in [-0.3, -0.25) is 4.79 Å². The fourth-order valence-electron chi connectivity index (χ4n) is 4.69. The van der Waals surface area contributed by atoms with Gasteiger partial charge >= 0.3 is 0 Å². The molecule has 2 aromatic rings. The van der Waals surface area contributed by atoms with E-state index in [-0.39, 0.29) is 10.7 Å². The molecule has 2 aliphatic heterocycles. The maximum absolute atomic E-state index is 13.8. The van der Waals surface area contributed by atoms with Crippen LogP contribution in [0.15, 0.2) is 63.0 Å². The van der Waals surface area contributed by atoms with E-state index >= 15 is 0 Å². The zero-order chi connectivity index (χ0) is 24.7. The summed E-state index contributed by atoms with van der Waals surface area (Å²) >= 11 is 0. The number of fused-ring (bicyclic) bond motifs is 3. The Bertz CT molecular complexity index is 1400. The number of ether oxygens (including phenoxy) is 1. The molecule has 2 heterocycles. The summed E-state index contributed by atoms with van der Waals surface area (Å²) in [6.07, 6.45) is 0. The highest BCUT2D eigenvalue weighted by Crippen LogP contribution is 2.38. The van der Waals surface area contributed by atoms with Crippen LogP contribution in [-0.4, -0.2) is 74.5 Å². The third kappa shape index (κ3) is 3.93. The van der Waals surface area contributed by atoms with Crippen molar-refractivity contribution in [2.24, 2.45) is 9.98 Å². The highest BCUT2D eigenvalue weighted by atomic mass is 32.2. The first-order chi connectivity index (χ1) is 16.9. The van der Waals surface area contributed by atoms with Gasteiger partial charge in [-0.2, -0.15) is 4.31 Å². The van der Waals surface area contributed by atoms with Gasteiger partial charge in [0.2, 0.25) is 16.0 Å². The number of guanidine groups is 1. The third-order valence-corrected chi connectivity index (χ3v) is 8.57. The van der Waals surface area contributed by atoms with Gasteiger partial charge in [-0.1, -0.05) is 30.3 Å². The molecule has 0 spiro atoms. The minimum atomic E-state index is -3.73. The number of rotatable bonds is 5. The molecular formula is C26H28N4O4S. The van der Waals surface area contributed by atoms with Crippen LogP contribution in [0.3, 0.4) is 0 Å². The van der Waals surface area contributed by atoms with Crippen molar-refractivity contribution in [3.8, 4) is 0 Å². The van der Waals surface area contributed by atoms with Crippen LogP contribution >= 0.6 is 0 Å². The van der Waals surface area contributed by atoms with Crippen molar-refractivity contribution in [2.75, 3.05) is 39.4 Å². The van der Waals surface area contributed by atoms with Crippen molar-refractivity contribution in [1.29, 1.82) is 0 Å². The number of aliphatic imine (C=N–C) groups is 2. The Kier molecular flexibility index (Phi) is 6.16. The van der Waals surface area contributed by atoms with Crippen molar-refractivity contribution in [1.82, 2.24) is 9.21 Å². The first kappa shape index (κ1) is 23.6. The van der Waals surface area contributed by atoms with Gasteiger partial charge in [0, 0.05) is 37.3 Å². The minimum absolute atomic E-state index is 0.157. The number of nitrogens with zero attached hydrogens (tertiary/aromatic N) is 4. The second-order valence-corrected chi connectivity index (χ2v) is 10.6. The fraction of sp³-hybridized carbons (Fsp3) is 0.346. The summed E-state index contributed by atoms with van der Waals surface area (Å²) in [7, 11) is -3.73. The predicted octanol–water partition coefficient (Wildman–Crippen LogP) is 3.12. The standard InChI is InChI=1S/C26H28N4O4S/c1-4-29(5-2)26-27-23-19-8-6-7-9-20(19)25(31)22(24(23)28-26)21-16-18(11-10-17(21)3)35(32,33)30-12-14-34-15-13-30/h6-11,16H,4-5,12-15H2,1-3H3. The monoisotopic (exact) mass is 492 g/mol. The number of morpholine rings is 1. The predicted molar refractivity (Wildman–Crippen MR) is 135 cm³/mol. The molecule has 0 saturated carbocycles. The maximum atomic E-state index is 13.8. The highest BCUT2D eigenvalue weighted by molar-refractivity contribution is 7.89. The van der Waals surface area contributed by atoms with Gasteiger partial charge in [-0.25, -0.2) is 18.4 Å². The van der Waals surface area contributed by atoms with Gasteiger partial charge in [-0.15, -0.1) is 0 Å². The number of aryl methyl sites for hydroxylation is 1. The first-order valence-corrected chi connectivity index (χ1v) is 13.3. The lowest BCUT2D eigenvalue weighted by Crippen LogP contribution is -2.40. The molecule has 2 aromatic carbocycles. The van der Waals surface area contributed by atoms with Crippen LogP contribution in [0.1, 0.15) is 40.9 Å². The van der Waals surface area contributed by atoms with Gasteiger partial charge in [0.05, 0.1) is 23.7 Å². The zero-order valence-electron chi connectivity index (χ0n) is 20.1. The molecular weight excluding hydrogens is 464 g/mol. The van der Waals surface area contributed by atoms with E-state index in [0.29, 0.717) is 60.4 Å². The summed E-state index contributed by atoms with van der Waals surface area (Å²) in [5, 5.41) is 0. The number of sulfonamides is 1. The molecule has 0 radical (unpaired) electrons. The molecule has 1 saturated heterocycles. The molecule has 0 bridgehead atoms. The summed E-state index contributed by atoms with van der Waals surface area (Å²) in [6, 6.07) is 12.3. The van der Waals surface area contributed by atoms with E-state index in [9.17, 15) is 13.2 Å². The Morgan fingerprint density at radius 1 is 0.971 bits per heavy atom. The van der Waals surface area contributed by atoms with E-state index in [1.807, 2.05) is 43.9 Å². The van der Waals surface area contributed by atoms with Gasteiger partial charge in [-0.05, 0) is 44.0 Å². The first-order valence-electron chi connectivity index (χ1n) is 11.9. The molecule has 8 nitrogen and oxygen atoms in total. The number of carbonyl (C=O) groups is 1. The molecule has 0 unspecified atom stereocenters. The van der Waals surface area contributed by atoms with Crippen molar-refractivity contribution < 1.29 is 17.9 Å². The van der Waals surface area contributed by atoms with E-state index in [1.54, 1.807) is 24.3 Å². The number of benzene rings is 2. The van der Waals surface area contributed by atoms with Crippen molar-refractivity contribution in [3.05, 3.63) is 70.4 Å². The Labute approximate surface area is 205 Å². The molecule has 0 atom stereocenters. The number of allylic oxidation sites excluding steroid dienone is 2. The van der Waals surface area contributed by atoms with Crippen LogP contribution in [0.25, 0.3) is 5.57 Å². The lowest BCUT2D eigenvalue weighted by molar-refractivity contribution is 0.0730. The normalized spacial score (nSPS) is 18.2. The lowest BCUT2D eigenvalue weighted by Gasteiger charge is -2.26. The van der Waals surface area contributed by atoms with E-state index in [2.05, 4.69) is 0 Å². The van der Waals surface area contributed by atoms with Gasteiger partial charge in [0.1, 0.15) is 11.4 Å². The second-order valence-electron chi connectivity index (χ2n) is 8.64. The van der Waals surface area contributed by atoms with E-state index < -0.39 is 10.0 Å². The van der Waals surface area contributed by atoms with Crippen LogP contribution in [-0.2, 0) is 14.8 Å². The Balaban J connectivity index is 1.70. The maximum Gasteiger partial charge on any atom is 0.243 e. The van der Waals surface area contributed by atoms with Crippen LogP contribution in [0.2, 0.25) is 0 Å². The minimum Gasteiger partial charge on any atom is -0.379 e. The molecule has 3 aliphatic rings. The second kappa shape index (κ2) is 9.14. The van der Waals surface area contributed by atoms with Crippen LogP contribution in [0.5, 0.6) is 0 Å². The number of hydrogen-bond acceptors (Lipinski definition) is 7. The van der Waals surface area contributed by atoms with Crippen LogP contribution in [0, 0.1) is 6.92 Å². The zero-order valence-corrected chi connectivity index (χ0v) is 20.9. The van der Waals surface area contributed by atoms with E-state index in [4.69, 9.17) is 14.7 Å². The van der Waals surface area contributed by atoms with Crippen molar-refractivity contribution in [2.45, 2.75) is 25.7 Å². The Morgan fingerprint density at radius 2 is 1.66 bits per heavy atom. The highest BCUT2D eigenvalue weighted by Gasteiger charge is 2.36. The van der Waals surface area contributed by atoms with Crippen LogP contribution < -0.4 is 0 Å². The molecule has 9 heteroatoms. The number of ketones is 1. The SMILES string of the molecule is CCN(CC)C1=NC2=C(c3cc(S(=O)(=O)N4CCOCC4)ccc3C)C(=O)c3ccccc3C2=N1. The quantitative estimate of drug-likeness (QED) is 0.640. The number of Topliss-reactive ketones (excluding diaryl/α,β-unsaturated/α-hetero) is 1. The molecule has 5 rings (SSSR count). The van der Waals surface area contributed by atoms with E-state index in [0.717, 1.165) is 24.2 Å². The molecule has 1 fully saturated rings. The summed E-state index contributed by atoms with van der Waals surface area (Å²) in [5.41, 5.74) is 4.19. The summed E-state index contributed by atoms with van der Waals surface area (Å²) in [5.74, 6) is 0.389. The fourth-order valence-corrected chi connectivity index (χ4v) is 6.12. The Morgan fingerprint density at radius 3 is 2.34 bits per heavy atom. The van der Waals surface area contributed by atoms with Crippen LogP contribution in [0.4, 0.5) is 0 Å². The topological polar surface area (TPSA) is 91.6 Å². The third-order valence-electron chi connectivity index (χ3n) is 6.67. The lowest BCUT2D eigenvalue weighted by atomic mass is 9.83. The van der Waals surface area contributed by atoms with Gasteiger partial charge < -0.3 is 9.64 Å². The Hall–Kier alpha value is -3.14. The van der Waals surface area contributed by atoms with Crippen molar-refractivity contribution in [3.63, 3.8) is 0 Å². The average Bonchev–Trinajstić information content (AvgIpc) is 3.31. The molecule has 0 amide bonds. The molecule has 182 valence electrons. The molecule has 1 aliphatic carbocycles. The smallest absolute Gasteiger partial charge is 0.243 e. The van der Waals surface area contributed by atoms with Gasteiger partial charge in [0.15, 0.2) is 5.78 Å². The molecule has 35 heavy (non-hydrogen) atoms. The van der Waals surface area contributed by atoms with Crippen molar-refractivity contribution >= 4 is 33.1 Å². The summed E-state index contributed by atoms with van der Waals surface area (Å²) in [4.78, 5) is 25.6. The van der Waals surface area contributed by atoms with E-state index in [1.165, 1.54) is 4.31 Å². The largest absolute Gasteiger partial charge is 0.379 e. The van der Waals surface area contributed by atoms with Gasteiger partial charge in [0.25, 0.3) is 0 Å². The summed E-state index contributed by atoms with van der Waals surface area (Å²) in [6.45, 7) is 8.76. The number of hydrogen-bond donors (Lipinski definition) is 0. The summed E-state index contributed by atoms with van der Waals surface area (Å²) < 4.78 is 33.5. The average molecular weight is 493 g/mol. The molecule has 0 aromatic heterocycles. The number of carbonyl (C=O) groups excluding carboxylic acids is 1.